The van der Waals surface area contributed by atoms with E-state index in [1.165, 1.54) is 21.6 Å². The van der Waals surface area contributed by atoms with Crippen LogP contribution in [0, 0.1) is 0 Å². The van der Waals surface area contributed by atoms with Crippen molar-refractivity contribution >= 4 is 16.9 Å². The van der Waals surface area contributed by atoms with Crippen LogP contribution in [0.3, 0.4) is 0 Å². The van der Waals surface area contributed by atoms with E-state index in [0.717, 1.165) is 25.9 Å². The number of nitrogens with one attached hydrogen (secondary N) is 1. The standard InChI is InChI=1S/C22H23NS/c1-3-10-19(11-4-1)22(20-12-5-2-6-13-20)15-7-8-16-23-18-21-14-9-17-24-21/h1-6,9-15,17,23H,7-8,16,18H2. The summed E-state index contributed by atoms with van der Waals surface area (Å²) < 4.78 is 0. The Hall–Kier alpha value is -2.16. The number of benzene rings is 2. The molecule has 0 fully saturated rings. The number of rotatable bonds is 8. The molecule has 2 aromatic carbocycles. The van der Waals surface area contributed by atoms with Crippen molar-refractivity contribution in [3.8, 4) is 0 Å². The van der Waals surface area contributed by atoms with Gasteiger partial charge in [0.2, 0.25) is 0 Å². The number of hydrogen-bond acceptors (Lipinski definition) is 2. The zero-order valence-corrected chi connectivity index (χ0v) is 14.6. The molecule has 0 aliphatic heterocycles. The minimum atomic E-state index is 0.978. The number of allylic oxidation sites excluding steroid dienone is 1. The summed E-state index contributed by atoms with van der Waals surface area (Å²) in [6.45, 7) is 2.02. The van der Waals surface area contributed by atoms with Crippen molar-refractivity contribution in [1.82, 2.24) is 5.32 Å². The maximum atomic E-state index is 3.52. The fourth-order valence-electron chi connectivity index (χ4n) is 2.74. The second kappa shape index (κ2) is 9.21. The molecule has 3 aromatic rings. The lowest BCUT2D eigenvalue weighted by molar-refractivity contribution is 0.660. The van der Waals surface area contributed by atoms with Gasteiger partial charge in [-0.1, -0.05) is 72.8 Å². The molecule has 3 rings (SSSR count). The first kappa shape index (κ1) is 16.7. The van der Waals surface area contributed by atoms with Gasteiger partial charge in [0.25, 0.3) is 0 Å². The minimum Gasteiger partial charge on any atom is -0.312 e. The van der Waals surface area contributed by atoms with Gasteiger partial charge in [-0.05, 0) is 47.5 Å². The van der Waals surface area contributed by atoms with E-state index < -0.39 is 0 Å². The molecular weight excluding hydrogens is 310 g/mol. The van der Waals surface area contributed by atoms with E-state index in [1.807, 2.05) is 11.3 Å². The first-order chi connectivity index (χ1) is 11.9. The first-order valence-electron chi connectivity index (χ1n) is 8.47. The lowest BCUT2D eigenvalue weighted by atomic mass is 9.96. The molecule has 0 aliphatic carbocycles. The molecule has 2 heteroatoms. The number of hydrogen-bond donors (Lipinski definition) is 1. The third-order valence-electron chi connectivity index (χ3n) is 3.96. The van der Waals surface area contributed by atoms with Crippen LogP contribution in [-0.2, 0) is 6.54 Å². The van der Waals surface area contributed by atoms with Crippen LogP contribution in [0.5, 0.6) is 0 Å². The van der Waals surface area contributed by atoms with Crippen LogP contribution < -0.4 is 5.32 Å². The molecule has 0 unspecified atom stereocenters. The molecule has 1 heterocycles. The summed E-state index contributed by atoms with van der Waals surface area (Å²) in [6.07, 6.45) is 4.60. The van der Waals surface area contributed by atoms with Crippen LogP contribution in [0.15, 0.2) is 84.3 Å². The molecule has 0 atom stereocenters. The second-order valence-electron chi connectivity index (χ2n) is 5.75. The Labute approximate surface area is 148 Å². The lowest BCUT2D eigenvalue weighted by Gasteiger charge is -2.09. The van der Waals surface area contributed by atoms with E-state index in [9.17, 15) is 0 Å². The summed E-state index contributed by atoms with van der Waals surface area (Å²) in [5.74, 6) is 0. The van der Waals surface area contributed by atoms with E-state index in [2.05, 4.69) is 89.6 Å². The Morgan fingerprint density at radius 1 is 0.833 bits per heavy atom. The fraction of sp³-hybridized carbons (Fsp3) is 0.182. The summed E-state index contributed by atoms with van der Waals surface area (Å²) in [7, 11) is 0. The average Bonchev–Trinajstić information content (AvgIpc) is 3.16. The van der Waals surface area contributed by atoms with Crippen LogP contribution >= 0.6 is 11.3 Å². The normalized spacial score (nSPS) is 10.5. The quantitative estimate of drug-likeness (QED) is 0.518. The Bertz CT molecular complexity index is 689. The zero-order chi connectivity index (χ0) is 16.5. The molecule has 1 aromatic heterocycles. The van der Waals surface area contributed by atoms with Crippen LogP contribution in [0.25, 0.3) is 5.57 Å². The molecule has 0 aliphatic rings. The van der Waals surface area contributed by atoms with Crippen molar-refractivity contribution in [3.05, 3.63) is 100 Å². The van der Waals surface area contributed by atoms with Crippen LogP contribution in [0.4, 0.5) is 0 Å². The fourth-order valence-corrected chi connectivity index (χ4v) is 3.41. The summed E-state index contributed by atoms with van der Waals surface area (Å²) >= 11 is 1.81. The Morgan fingerprint density at radius 2 is 1.50 bits per heavy atom. The molecular formula is C22H23NS. The predicted octanol–water partition coefficient (Wildman–Crippen LogP) is 5.75. The summed E-state index contributed by atoms with van der Waals surface area (Å²) in [5, 5.41) is 5.65. The Morgan fingerprint density at radius 3 is 2.08 bits per heavy atom. The highest BCUT2D eigenvalue weighted by molar-refractivity contribution is 7.09. The van der Waals surface area contributed by atoms with E-state index in [-0.39, 0.29) is 0 Å². The monoisotopic (exact) mass is 333 g/mol. The molecule has 1 N–H and O–H groups in total. The predicted molar refractivity (Wildman–Crippen MR) is 105 cm³/mol. The van der Waals surface area contributed by atoms with Crippen LogP contribution in [0.1, 0.15) is 28.8 Å². The van der Waals surface area contributed by atoms with Gasteiger partial charge in [0.1, 0.15) is 0 Å². The second-order valence-corrected chi connectivity index (χ2v) is 6.78. The van der Waals surface area contributed by atoms with Gasteiger partial charge < -0.3 is 5.32 Å². The van der Waals surface area contributed by atoms with Crippen LogP contribution in [-0.4, -0.2) is 6.54 Å². The van der Waals surface area contributed by atoms with Gasteiger partial charge in [-0.15, -0.1) is 11.3 Å². The SMILES string of the molecule is C(CCCNCc1cccs1)=C(c1ccccc1)c1ccccc1. The van der Waals surface area contributed by atoms with Crippen molar-refractivity contribution in [2.24, 2.45) is 0 Å². The Balaban J connectivity index is 1.58. The highest BCUT2D eigenvalue weighted by Gasteiger charge is 2.03. The van der Waals surface area contributed by atoms with E-state index in [0.29, 0.717) is 0 Å². The topological polar surface area (TPSA) is 12.0 Å². The lowest BCUT2D eigenvalue weighted by Crippen LogP contribution is -2.13. The van der Waals surface area contributed by atoms with E-state index in [4.69, 9.17) is 0 Å². The van der Waals surface area contributed by atoms with Gasteiger partial charge >= 0.3 is 0 Å². The van der Waals surface area contributed by atoms with Crippen molar-refractivity contribution < 1.29 is 0 Å². The molecule has 0 saturated heterocycles. The van der Waals surface area contributed by atoms with Gasteiger partial charge in [0.15, 0.2) is 0 Å². The molecule has 1 nitrogen and oxygen atoms in total. The minimum absolute atomic E-state index is 0.978. The van der Waals surface area contributed by atoms with Gasteiger partial charge in [-0.25, -0.2) is 0 Å². The van der Waals surface area contributed by atoms with Crippen LogP contribution in [0.2, 0.25) is 0 Å². The Kier molecular flexibility index (Phi) is 6.41. The largest absolute Gasteiger partial charge is 0.312 e. The molecule has 0 bridgehead atoms. The molecule has 0 amide bonds. The van der Waals surface area contributed by atoms with Crippen molar-refractivity contribution in [1.29, 1.82) is 0 Å². The smallest absolute Gasteiger partial charge is 0.0299 e. The maximum Gasteiger partial charge on any atom is 0.0299 e. The van der Waals surface area contributed by atoms with E-state index in [1.54, 1.807) is 0 Å². The van der Waals surface area contributed by atoms with Gasteiger partial charge in [0.05, 0.1) is 0 Å². The summed E-state index contributed by atoms with van der Waals surface area (Å²) in [6, 6.07) is 25.6. The highest BCUT2D eigenvalue weighted by Crippen LogP contribution is 2.23. The average molecular weight is 334 g/mol. The molecule has 0 radical (unpaired) electrons. The number of unbranched alkanes of at least 4 members (excludes halogenated alkanes) is 1. The first-order valence-corrected chi connectivity index (χ1v) is 9.35. The molecule has 0 saturated carbocycles. The third kappa shape index (κ3) is 4.92. The van der Waals surface area contributed by atoms with Crippen molar-refractivity contribution in [3.63, 3.8) is 0 Å². The summed E-state index contributed by atoms with van der Waals surface area (Å²) in [5.41, 5.74) is 3.90. The van der Waals surface area contributed by atoms with Gasteiger partial charge in [-0.3, -0.25) is 0 Å². The maximum absolute atomic E-state index is 3.52. The zero-order valence-electron chi connectivity index (χ0n) is 13.8. The molecule has 122 valence electrons. The molecule has 0 spiro atoms. The van der Waals surface area contributed by atoms with Gasteiger partial charge in [0, 0.05) is 11.4 Å². The van der Waals surface area contributed by atoms with Crippen molar-refractivity contribution in [2.75, 3.05) is 6.54 Å². The third-order valence-corrected chi connectivity index (χ3v) is 4.83. The number of thiophene rings is 1. The molecule has 24 heavy (non-hydrogen) atoms. The highest BCUT2D eigenvalue weighted by atomic mass is 32.1. The van der Waals surface area contributed by atoms with Crippen molar-refractivity contribution in [2.45, 2.75) is 19.4 Å². The summed E-state index contributed by atoms with van der Waals surface area (Å²) in [4.78, 5) is 1.40. The van der Waals surface area contributed by atoms with Gasteiger partial charge in [-0.2, -0.15) is 0 Å². The van der Waals surface area contributed by atoms with E-state index >= 15 is 0 Å².